The Bertz CT molecular complexity index is 530. The van der Waals surface area contributed by atoms with Gasteiger partial charge in [0.25, 0.3) is 0 Å². The van der Waals surface area contributed by atoms with E-state index in [4.69, 9.17) is 17.3 Å². The van der Waals surface area contributed by atoms with Gasteiger partial charge >= 0.3 is 0 Å². The first kappa shape index (κ1) is 12.6. The molecule has 0 saturated carbocycles. The van der Waals surface area contributed by atoms with Crippen LogP contribution in [0.1, 0.15) is 27.9 Å². The van der Waals surface area contributed by atoms with E-state index >= 15 is 0 Å². The van der Waals surface area contributed by atoms with Gasteiger partial charge in [0.05, 0.1) is 22.5 Å². The lowest BCUT2D eigenvalue weighted by Gasteiger charge is -2.17. The number of nitrogens with two attached hydrogens (primary N) is 1. The van der Waals surface area contributed by atoms with Crippen LogP contribution in [-0.2, 0) is 0 Å². The van der Waals surface area contributed by atoms with Crippen molar-refractivity contribution in [2.45, 2.75) is 26.8 Å². The van der Waals surface area contributed by atoms with Crippen molar-refractivity contribution >= 4 is 22.9 Å². The van der Waals surface area contributed by atoms with Gasteiger partial charge in [-0.05, 0) is 37.8 Å². The van der Waals surface area contributed by atoms with Gasteiger partial charge in [0.15, 0.2) is 0 Å². The van der Waals surface area contributed by atoms with E-state index in [1.807, 2.05) is 18.5 Å². The molecule has 0 spiro atoms. The fourth-order valence-corrected chi connectivity index (χ4v) is 3.14. The predicted octanol–water partition coefficient (Wildman–Crippen LogP) is 3.07. The van der Waals surface area contributed by atoms with Crippen LogP contribution in [0.5, 0.6) is 0 Å². The average Bonchev–Trinajstić information content (AvgIpc) is 2.82. The average molecular weight is 270 g/mol. The van der Waals surface area contributed by atoms with Gasteiger partial charge in [-0.3, -0.25) is 4.68 Å². The molecule has 0 saturated heterocycles. The Balaban J connectivity index is 2.50. The molecule has 17 heavy (non-hydrogen) atoms. The van der Waals surface area contributed by atoms with Crippen molar-refractivity contribution in [2.24, 2.45) is 5.73 Å². The molecule has 0 bridgehead atoms. The van der Waals surface area contributed by atoms with Crippen LogP contribution in [0.25, 0.3) is 0 Å². The number of rotatable bonds is 3. The van der Waals surface area contributed by atoms with Crippen molar-refractivity contribution in [1.29, 1.82) is 0 Å². The number of hydrogen-bond donors (Lipinski definition) is 1. The summed E-state index contributed by atoms with van der Waals surface area (Å²) in [5.41, 5.74) is 8.99. The lowest BCUT2D eigenvalue weighted by Crippen LogP contribution is -2.22. The number of thiophene rings is 1. The highest BCUT2D eigenvalue weighted by Crippen LogP contribution is 2.30. The van der Waals surface area contributed by atoms with Crippen LogP contribution < -0.4 is 5.73 Å². The maximum atomic E-state index is 6.18. The van der Waals surface area contributed by atoms with Gasteiger partial charge in [0.1, 0.15) is 0 Å². The SMILES string of the molecule is Cc1ccsc1C(CN)n1nc(C)c(Cl)c1C. The number of aromatic nitrogens is 2. The van der Waals surface area contributed by atoms with Crippen LogP contribution in [0.3, 0.4) is 0 Å². The molecule has 0 aliphatic heterocycles. The molecule has 92 valence electrons. The molecule has 2 rings (SSSR count). The molecule has 0 aliphatic carbocycles. The highest BCUT2D eigenvalue weighted by molar-refractivity contribution is 7.10. The van der Waals surface area contributed by atoms with Gasteiger partial charge in [-0.2, -0.15) is 5.10 Å². The minimum absolute atomic E-state index is 0.0844. The third kappa shape index (κ3) is 2.12. The fourth-order valence-electron chi connectivity index (χ4n) is 1.99. The van der Waals surface area contributed by atoms with Crippen LogP contribution in [0.2, 0.25) is 5.02 Å². The third-order valence-electron chi connectivity index (χ3n) is 2.96. The maximum absolute atomic E-state index is 6.18. The zero-order valence-electron chi connectivity index (χ0n) is 10.2. The number of nitrogens with zero attached hydrogens (tertiary/aromatic N) is 2. The van der Waals surface area contributed by atoms with Gasteiger partial charge in [0, 0.05) is 11.4 Å². The molecular weight excluding hydrogens is 254 g/mol. The van der Waals surface area contributed by atoms with Gasteiger partial charge in [-0.15, -0.1) is 11.3 Å². The summed E-state index contributed by atoms with van der Waals surface area (Å²) in [4.78, 5) is 1.26. The van der Waals surface area contributed by atoms with E-state index in [-0.39, 0.29) is 6.04 Å². The van der Waals surface area contributed by atoms with Crippen molar-refractivity contribution in [1.82, 2.24) is 9.78 Å². The summed E-state index contributed by atoms with van der Waals surface area (Å²) >= 11 is 7.90. The minimum Gasteiger partial charge on any atom is -0.328 e. The summed E-state index contributed by atoms with van der Waals surface area (Å²) in [6.45, 7) is 6.52. The Kier molecular flexibility index (Phi) is 3.56. The van der Waals surface area contributed by atoms with E-state index in [9.17, 15) is 0 Å². The molecule has 0 amide bonds. The van der Waals surface area contributed by atoms with Crippen molar-refractivity contribution in [2.75, 3.05) is 6.54 Å². The van der Waals surface area contributed by atoms with E-state index in [2.05, 4.69) is 23.5 Å². The lowest BCUT2D eigenvalue weighted by atomic mass is 10.1. The van der Waals surface area contributed by atoms with E-state index < -0.39 is 0 Å². The molecule has 1 atom stereocenters. The Morgan fingerprint density at radius 3 is 2.59 bits per heavy atom. The summed E-state index contributed by atoms with van der Waals surface area (Å²) in [6.07, 6.45) is 0. The zero-order chi connectivity index (χ0) is 12.6. The van der Waals surface area contributed by atoms with Gasteiger partial charge in [-0.1, -0.05) is 11.6 Å². The number of hydrogen-bond acceptors (Lipinski definition) is 3. The van der Waals surface area contributed by atoms with Gasteiger partial charge in [0.2, 0.25) is 0 Å². The van der Waals surface area contributed by atoms with Crippen LogP contribution in [0, 0.1) is 20.8 Å². The van der Waals surface area contributed by atoms with Gasteiger partial charge < -0.3 is 5.73 Å². The minimum atomic E-state index is 0.0844. The molecule has 0 radical (unpaired) electrons. The van der Waals surface area contributed by atoms with Crippen molar-refractivity contribution in [3.8, 4) is 0 Å². The van der Waals surface area contributed by atoms with Crippen LogP contribution >= 0.6 is 22.9 Å². The molecule has 2 heterocycles. The van der Waals surface area contributed by atoms with Gasteiger partial charge in [-0.25, -0.2) is 0 Å². The molecule has 3 nitrogen and oxygen atoms in total. The maximum Gasteiger partial charge on any atom is 0.0988 e. The summed E-state index contributed by atoms with van der Waals surface area (Å²) in [6, 6.07) is 2.19. The molecular formula is C12H16ClN3S. The standard InChI is InChI=1S/C12H16ClN3S/c1-7-4-5-17-12(7)10(6-14)16-9(3)11(13)8(2)15-16/h4-5,10H,6,14H2,1-3H3. The summed E-state index contributed by atoms with van der Waals surface area (Å²) in [7, 11) is 0. The quantitative estimate of drug-likeness (QED) is 0.931. The van der Waals surface area contributed by atoms with Crippen LogP contribution in [0.15, 0.2) is 11.4 Å². The molecule has 5 heteroatoms. The topological polar surface area (TPSA) is 43.8 Å². The first-order chi connectivity index (χ1) is 8.06. The third-order valence-corrected chi connectivity index (χ3v) is 4.63. The second-order valence-electron chi connectivity index (χ2n) is 4.15. The van der Waals surface area contributed by atoms with Crippen molar-refractivity contribution < 1.29 is 0 Å². The van der Waals surface area contributed by atoms with E-state index in [1.54, 1.807) is 11.3 Å². The fraction of sp³-hybridized carbons (Fsp3) is 0.417. The molecule has 1 unspecified atom stereocenters. The smallest absolute Gasteiger partial charge is 0.0988 e. The summed E-state index contributed by atoms with van der Waals surface area (Å²) in [5, 5.41) is 7.31. The number of aryl methyl sites for hydroxylation is 2. The highest BCUT2D eigenvalue weighted by atomic mass is 35.5. The first-order valence-electron chi connectivity index (χ1n) is 5.51. The lowest BCUT2D eigenvalue weighted by molar-refractivity contribution is 0.522. The molecule has 2 aromatic rings. The van der Waals surface area contributed by atoms with Crippen molar-refractivity contribution in [3.05, 3.63) is 38.3 Å². The molecule has 2 N–H and O–H groups in total. The first-order valence-corrected chi connectivity index (χ1v) is 6.77. The van der Waals surface area contributed by atoms with E-state index in [0.29, 0.717) is 6.54 Å². The summed E-state index contributed by atoms with van der Waals surface area (Å²) < 4.78 is 1.94. The summed E-state index contributed by atoms with van der Waals surface area (Å²) in [5.74, 6) is 0. The van der Waals surface area contributed by atoms with Crippen molar-refractivity contribution in [3.63, 3.8) is 0 Å². The Morgan fingerprint density at radius 1 is 1.47 bits per heavy atom. The molecule has 0 aliphatic rings. The van der Waals surface area contributed by atoms with E-state index in [0.717, 1.165) is 16.4 Å². The normalized spacial score (nSPS) is 13.0. The second kappa shape index (κ2) is 4.80. The monoisotopic (exact) mass is 269 g/mol. The molecule has 0 aromatic carbocycles. The Labute approximate surface area is 110 Å². The predicted molar refractivity (Wildman–Crippen MR) is 73.0 cm³/mol. The zero-order valence-corrected chi connectivity index (χ0v) is 11.8. The van der Waals surface area contributed by atoms with Crippen LogP contribution in [0.4, 0.5) is 0 Å². The van der Waals surface area contributed by atoms with E-state index in [1.165, 1.54) is 10.4 Å². The molecule has 0 fully saturated rings. The van der Waals surface area contributed by atoms with Crippen LogP contribution in [-0.4, -0.2) is 16.3 Å². The largest absolute Gasteiger partial charge is 0.328 e. The highest BCUT2D eigenvalue weighted by Gasteiger charge is 2.20. The second-order valence-corrected chi connectivity index (χ2v) is 5.47. The molecule has 2 aromatic heterocycles. The Hall–Kier alpha value is -0.840. The Morgan fingerprint density at radius 2 is 2.18 bits per heavy atom. The number of halogens is 1.